The molecule has 1 atom stereocenters. The minimum Gasteiger partial charge on any atom is -0.384 e. The molecular formula is C12H18N2O2. The number of aryl methyl sites for hydroxylation is 1. The van der Waals surface area contributed by atoms with Crippen molar-refractivity contribution >= 4 is 5.82 Å². The molecule has 0 aromatic carbocycles. The van der Waals surface area contributed by atoms with Crippen LogP contribution in [0.2, 0.25) is 0 Å². The van der Waals surface area contributed by atoms with Gasteiger partial charge in [0.05, 0.1) is 12.7 Å². The Morgan fingerprint density at radius 3 is 3.00 bits per heavy atom. The second kappa shape index (κ2) is 4.39. The van der Waals surface area contributed by atoms with Gasteiger partial charge in [-0.05, 0) is 44.4 Å². The Morgan fingerprint density at radius 2 is 2.38 bits per heavy atom. The first-order chi connectivity index (χ1) is 7.55. The molecule has 88 valence electrons. The smallest absolute Gasteiger partial charge is 0.163 e. The molecule has 16 heavy (non-hydrogen) atoms. The third kappa shape index (κ3) is 2.93. The molecule has 4 heteroatoms. The van der Waals surface area contributed by atoms with Crippen molar-refractivity contribution < 1.29 is 9.47 Å². The van der Waals surface area contributed by atoms with Crippen LogP contribution in [0.4, 0.5) is 5.82 Å². The molecule has 1 fully saturated rings. The summed E-state index contributed by atoms with van der Waals surface area (Å²) >= 11 is 0. The summed E-state index contributed by atoms with van der Waals surface area (Å²) in [6.07, 6.45) is 3.81. The highest BCUT2D eigenvalue weighted by Crippen LogP contribution is 2.25. The lowest BCUT2D eigenvalue weighted by atomic mass is 10.1. The fourth-order valence-corrected chi connectivity index (χ4v) is 1.88. The Labute approximate surface area is 95.8 Å². The van der Waals surface area contributed by atoms with E-state index in [-0.39, 0.29) is 6.10 Å². The molecule has 0 saturated carbocycles. The molecule has 0 radical (unpaired) electrons. The van der Waals surface area contributed by atoms with Gasteiger partial charge in [-0.1, -0.05) is 0 Å². The fourth-order valence-electron chi connectivity index (χ4n) is 1.88. The number of ether oxygens (including phenoxy) is 2. The molecular weight excluding hydrogens is 204 g/mol. The number of hydrogen-bond acceptors (Lipinski definition) is 4. The molecule has 2 heterocycles. The number of pyridine rings is 1. The molecule has 0 bridgehead atoms. The standard InChI is InChI=1S/C12H18N2O2/c1-12(2)15-8-10(16-12)4-3-9-5-6-14-11(13)7-9/h5-7,10H,3-4,8H2,1-2H3,(H2,13,14)/t10-/m0/s1. The monoisotopic (exact) mass is 222 g/mol. The highest BCUT2D eigenvalue weighted by Gasteiger charge is 2.32. The van der Waals surface area contributed by atoms with Crippen molar-refractivity contribution in [3.8, 4) is 0 Å². The van der Waals surface area contributed by atoms with Crippen LogP contribution in [-0.2, 0) is 15.9 Å². The first-order valence-corrected chi connectivity index (χ1v) is 5.57. The summed E-state index contributed by atoms with van der Waals surface area (Å²) < 4.78 is 11.2. The summed E-state index contributed by atoms with van der Waals surface area (Å²) in [6, 6.07) is 3.89. The maximum Gasteiger partial charge on any atom is 0.163 e. The molecule has 1 aromatic rings. The van der Waals surface area contributed by atoms with E-state index in [2.05, 4.69) is 4.98 Å². The van der Waals surface area contributed by atoms with Crippen molar-refractivity contribution in [3.63, 3.8) is 0 Å². The van der Waals surface area contributed by atoms with E-state index in [0.29, 0.717) is 12.4 Å². The lowest BCUT2D eigenvalue weighted by Crippen LogP contribution is -2.21. The van der Waals surface area contributed by atoms with Gasteiger partial charge in [-0.2, -0.15) is 0 Å². The van der Waals surface area contributed by atoms with E-state index in [1.165, 1.54) is 5.56 Å². The summed E-state index contributed by atoms with van der Waals surface area (Å²) in [5.41, 5.74) is 6.81. The highest BCUT2D eigenvalue weighted by atomic mass is 16.7. The van der Waals surface area contributed by atoms with Crippen molar-refractivity contribution in [2.24, 2.45) is 0 Å². The number of rotatable bonds is 3. The first-order valence-electron chi connectivity index (χ1n) is 5.57. The highest BCUT2D eigenvalue weighted by molar-refractivity contribution is 5.31. The van der Waals surface area contributed by atoms with Gasteiger partial charge in [0.15, 0.2) is 5.79 Å². The number of aromatic nitrogens is 1. The first kappa shape index (κ1) is 11.4. The second-order valence-corrected chi connectivity index (χ2v) is 4.58. The van der Waals surface area contributed by atoms with E-state index >= 15 is 0 Å². The maximum absolute atomic E-state index is 5.73. The van der Waals surface area contributed by atoms with Gasteiger partial charge >= 0.3 is 0 Å². The molecule has 0 unspecified atom stereocenters. The molecule has 2 rings (SSSR count). The average Bonchev–Trinajstić information content (AvgIpc) is 2.56. The summed E-state index contributed by atoms with van der Waals surface area (Å²) in [5.74, 6) is 0.142. The van der Waals surface area contributed by atoms with Crippen LogP contribution in [-0.4, -0.2) is 23.5 Å². The molecule has 1 aromatic heterocycles. The third-order valence-electron chi connectivity index (χ3n) is 2.67. The number of nitrogens with zero attached hydrogens (tertiary/aromatic N) is 1. The van der Waals surface area contributed by atoms with Gasteiger partial charge in [0.1, 0.15) is 5.82 Å². The zero-order valence-electron chi connectivity index (χ0n) is 9.77. The van der Waals surface area contributed by atoms with Gasteiger partial charge in [-0.15, -0.1) is 0 Å². The Balaban J connectivity index is 1.84. The third-order valence-corrected chi connectivity index (χ3v) is 2.67. The van der Waals surface area contributed by atoms with Crippen molar-refractivity contribution in [1.82, 2.24) is 4.98 Å². The zero-order valence-corrected chi connectivity index (χ0v) is 9.77. The quantitative estimate of drug-likeness (QED) is 0.846. The van der Waals surface area contributed by atoms with Crippen LogP contribution in [0.25, 0.3) is 0 Å². The van der Waals surface area contributed by atoms with Crippen molar-refractivity contribution in [1.29, 1.82) is 0 Å². The number of nitrogen functional groups attached to an aromatic ring is 1. The number of hydrogen-bond donors (Lipinski definition) is 1. The number of nitrogens with two attached hydrogens (primary N) is 1. The molecule has 1 saturated heterocycles. The predicted octanol–water partition coefficient (Wildman–Crippen LogP) is 1.75. The molecule has 0 spiro atoms. The molecule has 0 aliphatic carbocycles. The Kier molecular flexibility index (Phi) is 3.12. The fraction of sp³-hybridized carbons (Fsp3) is 0.583. The molecule has 0 amide bonds. The van der Waals surface area contributed by atoms with Crippen LogP contribution in [0.1, 0.15) is 25.8 Å². The van der Waals surface area contributed by atoms with Crippen LogP contribution >= 0.6 is 0 Å². The Morgan fingerprint density at radius 1 is 1.56 bits per heavy atom. The van der Waals surface area contributed by atoms with E-state index in [4.69, 9.17) is 15.2 Å². The summed E-state index contributed by atoms with van der Waals surface area (Å²) in [7, 11) is 0. The number of anilines is 1. The molecule has 1 aliphatic heterocycles. The zero-order chi connectivity index (χ0) is 11.6. The topological polar surface area (TPSA) is 57.4 Å². The van der Waals surface area contributed by atoms with E-state index in [9.17, 15) is 0 Å². The van der Waals surface area contributed by atoms with Gasteiger partial charge in [0.2, 0.25) is 0 Å². The van der Waals surface area contributed by atoms with Crippen molar-refractivity contribution in [3.05, 3.63) is 23.9 Å². The molecule has 1 aliphatic rings. The normalized spacial score (nSPS) is 23.5. The minimum absolute atomic E-state index is 0.185. The Bertz CT molecular complexity index is 366. The van der Waals surface area contributed by atoms with Gasteiger partial charge in [-0.3, -0.25) is 0 Å². The Hall–Kier alpha value is -1.13. The van der Waals surface area contributed by atoms with Gasteiger partial charge in [0.25, 0.3) is 0 Å². The van der Waals surface area contributed by atoms with Crippen LogP contribution in [0.15, 0.2) is 18.3 Å². The van der Waals surface area contributed by atoms with Crippen LogP contribution in [0, 0.1) is 0 Å². The summed E-state index contributed by atoms with van der Waals surface area (Å²) in [6.45, 7) is 4.56. The van der Waals surface area contributed by atoms with E-state index in [1.807, 2.05) is 26.0 Å². The SMILES string of the molecule is CC1(C)OC[C@H](CCc2ccnc(N)c2)O1. The minimum atomic E-state index is -0.429. The van der Waals surface area contributed by atoms with Crippen molar-refractivity contribution in [2.75, 3.05) is 12.3 Å². The second-order valence-electron chi connectivity index (χ2n) is 4.58. The van der Waals surface area contributed by atoms with E-state index in [0.717, 1.165) is 12.8 Å². The van der Waals surface area contributed by atoms with Crippen LogP contribution in [0.5, 0.6) is 0 Å². The molecule has 4 nitrogen and oxygen atoms in total. The van der Waals surface area contributed by atoms with Crippen molar-refractivity contribution in [2.45, 2.75) is 38.6 Å². The van der Waals surface area contributed by atoms with Gasteiger partial charge in [0, 0.05) is 6.20 Å². The lowest BCUT2D eigenvalue weighted by molar-refractivity contribution is -0.138. The predicted molar refractivity (Wildman–Crippen MR) is 61.9 cm³/mol. The largest absolute Gasteiger partial charge is 0.384 e. The summed E-state index contributed by atoms with van der Waals surface area (Å²) in [4.78, 5) is 3.96. The van der Waals surface area contributed by atoms with Gasteiger partial charge < -0.3 is 15.2 Å². The van der Waals surface area contributed by atoms with E-state index in [1.54, 1.807) is 6.20 Å². The van der Waals surface area contributed by atoms with E-state index < -0.39 is 5.79 Å². The lowest BCUT2D eigenvalue weighted by Gasteiger charge is -2.17. The average molecular weight is 222 g/mol. The van der Waals surface area contributed by atoms with Crippen LogP contribution in [0.3, 0.4) is 0 Å². The van der Waals surface area contributed by atoms with Crippen LogP contribution < -0.4 is 5.73 Å². The van der Waals surface area contributed by atoms with Gasteiger partial charge in [-0.25, -0.2) is 4.98 Å². The molecule has 2 N–H and O–H groups in total. The summed E-state index contributed by atoms with van der Waals surface area (Å²) in [5, 5.41) is 0. The maximum atomic E-state index is 5.73.